The molecule has 3 rings (SSSR count). The number of rotatable bonds is 12. The average molecular weight is 538 g/mol. The molecule has 0 radical (unpaired) electrons. The average Bonchev–Trinajstić information content (AvgIpc) is 3.58. The standard InChI is InChI=1S/C29H35NO7Si/c1-29(26(34)19-9-5-6-10-19,27(35)20-11-7-8-12-20)16-15-23(32)30-24-22(31)14-13-21(25(24)33)28(36)37-17-18-38(2,3)4/h5-14,19-20,31,33H,15-18H2,1-4H3,(H,30,32). The maximum absolute atomic E-state index is 13.4. The summed E-state index contributed by atoms with van der Waals surface area (Å²) in [5, 5.41) is 23.3. The maximum Gasteiger partial charge on any atom is 0.341 e. The summed E-state index contributed by atoms with van der Waals surface area (Å²) < 4.78 is 5.27. The van der Waals surface area contributed by atoms with Crippen LogP contribution >= 0.6 is 0 Å². The lowest BCUT2D eigenvalue weighted by molar-refractivity contribution is -0.142. The van der Waals surface area contributed by atoms with Crippen LogP contribution in [0.5, 0.6) is 11.5 Å². The molecular weight excluding hydrogens is 502 g/mol. The highest BCUT2D eigenvalue weighted by atomic mass is 28.3. The summed E-state index contributed by atoms with van der Waals surface area (Å²) in [7, 11) is -1.44. The van der Waals surface area contributed by atoms with Gasteiger partial charge in [0.05, 0.1) is 23.9 Å². The number of esters is 1. The van der Waals surface area contributed by atoms with Crippen LogP contribution in [-0.4, -0.2) is 48.3 Å². The van der Waals surface area contributed by atoms with Crippen molar-refractivity contribution in [1.82, 2.24) is 0 Å². The summed E-state index contributed by atoms with van der Waals surface area (Å²) in [6, 6.07) is 3.15. The molecule has 3 N–H and O–H groups in total. The second-order valence-corrected chi connectivity index (χ2v) is 16.6. The normalized spacial score (nSPS) is 15.3. The number of ketones is 2. The Hall–Kier alpha value is -3.72. The van der Waals surface area contributed by atoms with E-state index in [0.29, 0.717) is 0 Å². The van der Waals surface area contributed by atoms with Crippen molar-refractivity contribution >= 4 is 37.2 Å². The Morgan fingerprint density at radius 2 is 1.45 bits per heavy atom. The SMILES string of the molecule is CC(CCC(=O)Nc1c(O)ccc(C(=O)OCC[Si](C)(C)C)c1O)(C(=O)C1C=CC=C1)C(=O)C1C=CC=C1. The number of aromatic hydroxyl groups is 2. The molecule has 0 aromatic heterocycles. The topological polar surface area (TPSA) is 130 Å². The van der Waals surface area contributed by atoms with Crippen molar-refractivity contribution in [2.24, 2.45) is 17.3 Å². The summed E-state index contributed by atoms with van der Waals surface area (Å²) in [6.07, 6.45) is 13.5. The predicted octanol–water partition coefficient (Wildman–Crippen LogP) is 4.94. The molecule has 1 aromatic rings. The number of hydrogen-bond acceptors (Lipinski definition) is 7. The van der Waals surface area contributed by atoms with Gasteiger partial charge >= 0.3 is 5.97 Å². The van der Waals surface area contributed by atoms with E-state index in [1.165, 1.54) is 12.1 Å². The third-order valence-electron chi connectivity index (χ3n) is 6.77. The molecule has 0 unspecified atom stereocenters. The summed E-state index contributed by atoms with van der Waals surface area (Å²) in [5.41, 5.74) is -1.97. The molecule has 0 aliphatic heterocycles. The van der Waals surface area contributed by atoms with E-state index in [9.17, 15) is 29.4 Å². The number of carbonyl (C=O) groups is 4. The number of ether oxygens (including phenoxy) is 1. The van der Waals surface area contributed by atoms with Crippen molar-refractivity contribution in [3.63, 3.8) is 0 Å². The summed E-state index contributed by atoms with van der Waals surface area (Å²) >= 11 is 0. The van der Waals surface area contributed by atoms with E-state index in [4.69, 9.17) is 4.74 Å². The van der Waals surface area contributed by atoms with Gasteiger partial charge in [0.25, 0.3) is 0 Å². The van der Waals surface area contributed by atoms with Crippen LogP contribution in [-0.2, 0) is 19.1 Å². The third kappa shape index (κ3) is 6.77. The van der Waals surface area contributed by atoms with Crippen LogP contribution in [0.25, 0.3) is 0 Å². The maximum atomic E-state index is 13.4. The van der Waals surface area contributed by atoms with E-state index in [1.807, 2.05) is 0 Å². The van der Waals surface area contributed by atoms with Gasteiger partial charge in [-0.05, 0) is 31.5 Å². The minimum absolute atomic E-state index is 0.0766. The van der Waals surface area contributed by atoms with Crippen LogP contribution in [0.2, 0.25) is 25.7 Å². The highest BCUT2D eigenvalue weighted by Crippen LogP contribution is 2.38. The molecule has 38 heavy (non-hydrogen) atoms. The van der Waals surface area contributed by atoms with Crippen LogP contribution in [0.1, 0.15) is 30.1 Å². The van der Waals surface area contributed by atoms with Gasteiger partial charge in [0.2, 0.25) is 5.91 Å². The molecule has 0 spiro atoms. The summed E-state index contributed by atoms with van der Waals surface area (Å²) in [6.45, 7) is 8.17. The van der Waals surface area contributed by atoms with Gasteiger partial charge in [-0.25, -0.2) is 4.79 Å². The zero-order chi connectivity index (χ0) is 28.1. The van der Waals surface area contributed by atoms with Crippen molar-refractivity contribution in [3.8, 4) is 11.5 Å². The molecule has 1 amide bonds. The van der Waals surface area contributed by atoms with Gasteiger partial charge in [-0.2, -0.15) is 0 Å². The number of nitrogens with one attached hydrogen (secondary N) is 1. The van der Waals surface area contributed by atoms with Crippen molar-refractivity contribution < 1.29 is 34.1 Å². The molecule has 0 atom stereocenters. The van der Waals surface area contributed by atoms with E-state index < -0.39 is 48.7 Å². The number of allylic oxidation sites excluding steroid dienone is 8. The molecule has 0 heterocycles. The number of hydrogen-bond donors (Lipinski definition) is 3. The minimum atomic E-state index is -1.45. The largest absolute Gasteiger partial charge is 0.506 e. The second-order valence-electron chi connectivity index (χ2n) is 11.0. The van der Waals surface area contributed by atoms with Gasteiger partial charge in [-0.1, -0.05) is 68.2 Å². The monoisotopic (exact) mass is 537 g/mol. The number of phenols is 2. The smallest absolute Gasteiger partial charge is 0.341 e. The van der Waals surface area contributed by atoms with Gasteiger partial charge in [0, 0.05) is 14.5 Å². The number of phenolic OH excluding ortho intramolecular Hbond substituents is 2. The zero-order valence-electron chi connectivity index (χ0n) is 22.2. The van der Waals surface area contributed by atoms with Crippen molar-refractivity contribution in [2.75, 3.05) is 11.9 Å². The third-order valence-corrected chi connectivity index (χ3v) is 8.47. The van der Waals surface area contributed by atoms with Gasteiger partial charge in [0.15, 0.2) is 17.3 Å². The number of carbonyl (C=O) groups excluding carboxylic acids is 4. The Labute approximate surface area is 223 Å². The lowest BCUT2D eigenvalue weighted by Gasteiger charge is -2.30. The highest BCUT2D eigenvalue weighted by molar-refractivity contribution is 6.76. The molecule has 202 valence electrons. The summed E-state index contributed by atoms with van der Waals surface area (Å²) in [5.74, 6) is -4.18. The fourth-order valence-electron chi connectivity index (χ4n) is 4.28. The molecule has 0 fully saturated rings. The highest BCUT2D eigenvalue weighted by Gasteiger charge is 2.45. The van der Waals surface area contributed by atoms with Crippen molar-refractivity contribution in [2.45, 2.75) is 45.5 Å². The molecule has 1 aromatic carbocycles. The Bertz CT molecular complexity index is 1170. The quantitative estimate of drug-likeness (QED) is 0.149. The molecule has 0 saturated carbocycles. The number of amides is 1. The first-order valence-corrected chi connectivity index (χ1v) is 16.3. The van der Waals surface area contributed by atoms with Gasteiger partial charge in [-0.15, -0.1) is 0 Å². The van der Waals surface area contributed by atoms with Crippen LogP contribution in [0.3, 0.4) is 0 Å². The summed E-state index contributed by atoms with van der Waals surface area (Å²) in [4.78, 5) is 52.2. The molecule has 0 bridgehead atoms. The van der Waals surface area contributed by atoms with Crippen LogP contribution in [0, 0.1) is 17.3 Å². The Morgan fingerprint density at radius 1 is 0.921 bits per heavy atom. The van der Waals surface area contributed by atoms with Crippen LogP contribution in [0.15, 0.2) is 60.7 Å². The number of Topliss-reactive ketones (excluding diaryl/α,β-unsaturated/α-hetero) is 2. The molecule has 9 heteroatoms. The van der Waals surface area contributed by atoms with Crippen LogP contribution < -0.4 is 5.32 Å². The number of anilines is 1. The second kappa shape index (κ2) is 11.8. The molecule has 8 nitrogen and oxygen atoms in total. The zero-order valence-corrected chi connectivity index (χ0v) is 23.2. The molecule has 0 saturated heterocycles. The Morgan fingerprint density at radius 3 is 1.95 bits per heavy atom. The lowest BCUT2D eigenvalue weighted by Crippen LogP contribution is -2.42. The fourth-order valence-corrected chi connectivity index (χ4v) is 4.99. The van der Waals surface area contributed by atoms with Crippen LogP contribution in [0.4, 0.5) is 5.69 Å². The molecule has 2 aliphatic rings. The van der Waals surface area contributed by atoms with Gasteiger partial charge in [0.1, 0.15) is 17.0 Å². The lowest BCUT2D eigenvalue weighted by atomic mass is 9.70. The first kappa shape index (κ1) is 28.8. The van der Waals surface area contributed by atoms with Crippen molar-refractivity contribution in [3.05, 3.63) is 66.3 Å². The predicted molar refractivity (Wildman–Crippen MR) is 148 cm³/mol. The Kier molecular flexibility index (Phi) is 8.93. The van der Waals surface area contributed by atoms with E-state index in [0.717, 1.165) is 6.04 Å². The van der Waals surface area contributed by atoms with E-state index in [-0.39, 0.29) is 42.3 Å². The van der Waals surface area contributed by atoms with E-state index in [2.05, 4.69) is 25.0 Å². The first-order chi connectivity index (χ1) is 17.8. The minimum Gasteiger partial charge on any atom is -0.506 e. The molecular formula is C29H35NO7Si. The molecule has 2 aliphatic carbocycles. The van der Waals surface area contributed by atoms with E-state index in [1.54, 1.807) is 55.5 Å². The van der Waals surface area contributed by atoms with Crippen molar-refractivity contribution in [1.29, 1.82) is 0 Å². The first-order valence-electron chi connectivity index (χ1n) is 12.6. The fraction of sp³-hybridized carbons (Fsp3) is 0.379. The number of benzene rings is 1. The van der Waals surface area contributed by atoms with E-state index >= 15 is 0 Å². The van der Waals surface area contributed by atoms with Gasteiger partial charge in [-0.3, -0.25) is 14.4 Å². The Balaban J connectivity index is 1.73. The van der Waals surface area contributed by atoms with Gasteiger partial charge < -0.3 is 20.3 Å².